The molecular weight excluding hydrogens is 306 g/mol. The highest BCUT2D eigenvalue weighted by atomic mass is 16.5. The first-order valence-corrected chi connectivity index (χ1v) is 8.42. The van der Waals surface area contributed by atoms with E-state index >= 15 is 0 Å². The Morgan fingerprint density at radius 2 is 1.88 bits per heavy atom. The predicted molar refractivity (Wildman–Crippen MR) is 97.5 cm³/mol. The summed E-state index contributed by atoms with van der Waals surface area (Å²) in [5, 5.41) is 5.50. The predicted octanol–water partition coefficient (Wildman–Crippen LogP) is 2.32. The molecule has 134 valence electrons. The fraction of sp³-hybridized carbons (Fsp3) is 0.556. The Bertz CT molecular complexity index is 542. The van der Waals surface area contributed by atoms with Crippen molar-refractivity contribution in [3.05, 3.63) is 23.8 Å². The molecule has 1 aromatic rings. The number of nitrogens with one attached hydrogen (secondary N) is 2. The van der Waals surface area contributed by atoms with Gasteiger partial charge in [0.2, 0.25) is 11.8 Å². The Morgan fingerprint density at radius 1 is 1.17 bits per heavy atom. The van der Waals surface area contributed by atoms with Crippen molar-refractivity contribution in [2.75, 3.05) is 43.6 Å². The Balaban J connectivity index is 2.53. The Hall–Kier alpha value is -2.08. The molecular formula is C18H29N3O3. The third-order valence-corrected chi connectivity index (χ3v) is 3.78. The van der Waals surface area contributed by atoms with Crippen molar-refractivity contribution in [3.63, 3.8) is 0 Å². The molecule has 0 saturated heterocycles. The van der Waals surface area contributed by atoms with Crippen molar-refractivity contribution < 1.29 is 14.3 Å². The molecule has 0 unspecified atom stereocenters. The zero-order valence-corrected chi connectivity index (χ0v) is 15.1. The first-order valence-electron chi connectivity index (χ1n) is 8.42. The molecule has 1 rings (SSSR count). The van der Waals surface area contributed by atoms with Gasteiger partial charge in [-0.3, -0.25) is 9.59 Å². The number of benzene rings is 1. The average molecular weight is 335 g/mol. The van der Waals surface area contributed by atoms with Gasteiger partial charge in [-0.2, -0.15) is 0 Å². The van der Waals surface area contributed by atoms with Crippen LogP contribution in [0.25, 0.3) is 0 Å². The summed E-state index contributed by atoms with van der Waals surface area (Å²) in [5.41, 5.74) is 2.85. The fourth-order valence-corrected chi connectivity index (χ4v) is 2.42. The summed E-state index contributed by atoms with van der Waals surface area (Å²) in [7, 11) is 1.61. The van der Waals surface area contributed by atoms with Gasteiger partial charge in [0.1, 0.15) is 6.42 Å². The summed E-state index contributed by atoms with van der Waals surface area (Å²) < 4.78 is 4.91. The van der Waals surface area contributed by atoms with E-state index < -0.39 is 0 Å². The van der Waals surface area contributed by atoms with Gasteiger partial charge in [-0.15, -0.1) is 0 Å². The lowest BCUT2D eigenvalue weighted by Gasteiger charge is -2.22. The van der Waals surface area contributed by atoms with E-state index in [1.807, 2.05) is 25.1 Å². The maximum Gasteiger partial charge on any atom is 0.233 e. The quantitative estimate of drug-likeness (QED) is 0.508. The second-order valence-corrected chi connectivity index (χ2v) is 5.59. The second-order valence-electron chi connectivity index (χ2n) is 5.59. The number of nitrogens with zero attached hydrogens (tertiary/aromatic N) is 1. The van der Waals surface area contributed by atoms with Crippen LogP contribution in [0.5, 0.6) is 0 Å². The van der Waals surface area contributed by atoms with E-state index in [1.54, 1.807) is 7.11 Å². The van der Waals surface area contributed by atoms with Gasteiger partial charge < -0.3 is 20.3 Å². The van der Waals surface area contributed by atoms with Gasteiger partial charge in [-0.05, 0) is 51.0 Å². The number of carbonyl (C=O) groups is 2. The molecule has 0 aliphatic heterocycles. The van der Waals surface area contributed by atoms with Crippen LogP contribution in [-0.2, 0) is 14.3 Å². The molecule has 0 bridgehead atoms. The van der Waals surface area contributed by atoms with E-state index in [4.69, 9.17) is 4.74 Å². The summed E-state index contributed by atoms with van der Waals surface area (Å²) in [6, 6.07) is 5.92. The molecule has 0 spiro atoms. The maximum atomic E-state index is 12.0. The Kier molecular flexibility index (Phi) is 8.86. The number of ether oxygens (including phenoxy) is 1. The van der Waals surface area contributed by atoms with E-state index in [2.05, 4.69) is 29.4 Å². The number of methoxy groups -OCH3 is 1. The van der Waals surface area contributed by atoms with E-state index in [-0.39, 0.29) is 18.2 Å². The lowest BCUT2D eigenvalue weighted by Crippen LogP contribution is -2.29. The summed E-state index contributed by atoms with van der Waals surface area (Å²) in [6.07, 6.45) is 0.556. The normalized spacial score (nSPS) is 10.3. The minimum absolute atomic E-state index is 0.176. The van der Waals surface area contributed by atoms with Crippen LogP contribution < -0.4 is 15.5 Å². The number of rotatable bonds is 10. The van der Waals surface area contributed by atoms with Crippen LogP contribution in [0, 0.1) is 6.92 Å². The highest BCUT2D eigenvalue weighted by molar-refractivity contribution is 6.03. The minimum Gasteiger partial charge on any atom is -0.385 e. The van der Waals surface area contributed by atoms with Gasteiger partial charge in [0, 0.05) is 44.7 Å². The van der Waals surface area contributed by atoms with Crippen molar-refractivity contribution >= 4 is 23.2 Å². The van der Waals surface area contributed by atoms with E-state index in [9.17, 15) is 9.59 Å². The smallest absolute Gasteiger partial charge is 0.233 e. The molecule has 0 radical (unpaired) electrons. The number of hydrogen-bond donors (Lipinski definition) is 2. The second kappa shape index (κ2) is 10.6. The summed E-state index contributed by atoms with van der Waals surface area (Å²) in [4.78, 5) is 25.9. The molecule has 0 heterocycles. The lowest BCUT2D eigenvalue weighted by atomic mass is 10.1. The van der Waals surface area contributed by atoms with Crippen molar-refractivity contribution in [3.8, 4) is 0 Å². The maximum absolute atomic E-state index is 12.0. The topological polar surface area (TPSA) is 70.7 Å². The molecule has 0 aliphatic rings. The number of aryl methyl sites for hydroxylation is 1. The van der Waals surface area contributed by atoms with Crippen molar-refractivity contribution in [2.45, 2.75) is 33.6 Å². The van der Waals surface area contributed by atoms with Crippen LogP contribution >= 0.6 is 0 Å². The first kappa shape index (κ1) is 20.0. The molecule has 2 amide bonds. The molecule has 1 aromatic carbocycles. The largest absolute Gasteiger partial charge is 0.385 e. The van der Waals surface area contributed by atoms with Gasteiger partial charge in [0.25, 0.3) is 0 Å². The fourth-order valence-electron chi connectivity index (χ4n) is 2.42. The van der Waals surface area contributed by atoms with E-state index in [0.717, 1.165) is 36.4 Å². The van der Waals surface area contributed by atoms with Crippen LogP contribution in [0.4, 0.5) is 11.4 Å². The number of carbonyl (C=O) groups excluding carboxylic acids is 2. The third kappa shape index (κ3) is 6.58. The number of amides is 2. The molecule has 0 aromatic heterocycles. The highest BCUT2D eigenvalue weighted by Gasteiger charge is 2.11. The molecule has 6 nitrogen and oxygen atoms in total. The molecule has 2 N–H and O–H groups in total. The average Bonchev–Trinajstić information content (AvgIpc) is 2.55. The molecule has 24 heavy (non-hydrogen) atoms. The standard InChI is InChI=1S/C18H29N3O3/c1-5-21(6-2)15-8-9-16(14(3)12-15)20-18(23)13-17(22)19-10-7-11-24-4/h8-9,12H,5-7,10-11,13H2,1-4H3,(H,19,22)(H,20,23). The van der Waals surface area contributed by atoms with Gasteiger partial charge in [-0.1, -0.05) is 0 Å². The molecule has 0 saturated carbocycles. The lowest BCUT2D eigenvalue weighted by molar-refractivity contribution is -0.126. The van der Waals surface area contributed by atoms with Gasteiger partial charge in [-0.25, -0.2) is 0 Å². The highest BCUT2D eigenvalue weighted by Crippen LogP contribution is 2.22. The van der Waals surface area contributed by atoms with Crippen LogP contribution in [-0.4, -0.2) is 45.2 Å². The third-order valence-electron chi connectivity index (χ3n) is 3.78. The number of hydrogen-bond acceptors (Lipinski definition) is 4. The van der Waals surface area contributed by atoms with Crippen molar-refractivity contribution in [2.24, 2.45) is 0 Å². The van der Waals surface area contributed by atoms with Crippen molar-refractivity contribution in [1.29, 1.82) is 0 Å². The molecule has 6 heteroatoms. The van der Waals surface area contributed by atoms with Crippen LogP contribution in [0.15, 0.2) is 18.2 Å². The van der Waals surface area contributed by atoms with Crippen molar-refractivity contribution in [1.82, 2.24) is 5.32 Å². The zero-order valence-electron chi connectivity index (χ0n) is 15.1. The van der Waals surface area contributed by atoms with Gasteiger partial charge in [0.05, 0.1) is 0 Å². The molecule has 0 fully saturated rings. The summed E-state index contributed by atoms with van der Waals surface area (Å²) in [5.74, 6) is -0.584. The van der Waals surface area contributed by atoms with Gasteiger partial charge in [0.15, 0.2) is 0 Å². The monoisotopic (exact) mass is 335 g/mol. The van der Waals surface area contributed by atoms with E-state index in [0.29, 0.717) is 13.2 Å². The van der Waals surface area contributed by atoms with Gasteiger partial charge >= 0.3 is 0 Å². The molecule has 0 aliphatic carbocycles. The summed E-state index contributed by atoms with van der Waals surface area (Å²) in [6.45, 7) is 9.14. The first-order chi connectivity index (χ1) is 11.5. The van der Waals surface area contributed by atoms with Crippen LogP contribution in [0.3, 0.4) is 0 Å². The Morgan fingerprint density at radius 3 is 2.46 bits per heavy atom. The van der Waals surface area contributed by atoms with Crippen LogP contribution in [0.2, 0.25) is 0 Å². The SMILES string of the molecule is CCN(CC)c1ccc(NC(=O)CC(=O)NCCCOC)c(C)c1. The van der Waals surface area contributed by atoms with E-state index in [1.165, 1.54) is 0 Å². The minimum atomic E-state index is -0.307. The molecule has 0 atom stereocenters. The Labute approximate surface area is 144 Å². The zero-order chi connectivity index (χ0) is 17.9. The number of anilines is 2. The van der Waals surface area contributed by atoms with Crippen LogP contribution in [0.1, 0.15) is 32.3 Å². The summed E-state index contributed by atoms with van der Waals surface area (Å²) >= 11 is 0.